The number of nitrogens with two attached hydrogens (primary N) is 1. The van der Waals surface area contributed by atoms with E-state index in [1.54, 1.807) is 6.20 Å². The molecule has 1 aromatic carbocycles. The summed E-state index contributed by atoms with van der Waals surface area (Å²) in [6.45, 7) is 0.658. The van der Waals surface area contributed by atoms with Gasteiger partial charge in [0.25, 0.3) is 0 Å². The molecule has 0 radical (unpaired) electrons. The van der Waals surface area contributed by atoms with Crippen LogP contribution in [0.1, 0.15) is 11.5 Å². The summed E-state index contributed by atoms with van der Waals surface area (Å²) in [7, 11) is 0. The zero-order valence-electron chi connectivity index (χ0n) is 9.08. The second-order valence-corrected chi connectivity index (χ2v) is 5.13. The summed E-state index contributed by atoms with van der Waals surface area (Å²) in [6.07, 6.45) is 3.66. The Morgan fingerprint density at radius 1 is 1.41 bits per heavy atom. The Morgan fingerprint density at radius 3 is 2.65 bits per heavy atom. The monoisotopic (exact) mass is 309 g/mol. The first-order valence-electron chi connectivity index (χ1n) is 5.19. The van der Waals surface area contributed by atoms with E-state index >= 15 is 0 Å². The SMILES string of the molecule is NC(=S)C(Cn1cc(Br)cn1)c1ccccc1. The third-order valence-corrected chi connectivity index (χ3v) is 3.21. The standard InChI is InChI=1S/C12H12BrN3S/c13-10-6-15-16(7-10)8-11(12(14)17)9-4-2-1-3-5-9/h1-7,11H,8H2,(H2,14,17). The Hall–Kier alpha value is -1.20. The van der Waals surface area contributed by atoms with E-state index in [1.807, 2.05) is 41.2 Å². The van der Waals surface area contributed by atoms with E-state index in [4.69, 9.17) is 18.0 Å². The molecule has 1 heterocycles. The molecular weight excluding hydrogens is 298 g/mol. The summed E-state index contributed by atoms with van der Waals surface area (Å²) in [5.74, 6) is 0.0120. The van der Waals surface area contributed by atoms with E-state index in [2.05, 4.69) is 21.0 Å². The van der Waals surface area contributed by atoms with Crippen LogP contribution >= 0.6 is 28.1 Å². The molecule has 2 N–H and O–H groups in total. The van der Waals surface area contributed by atoms with E-state index in [0.29, 0.717) is 11.5 Å². The third kappa shape index (κ3) is 3.14. The summed E-state index contributed by atoms with van der Waals surface area (Å²) < 4.78 is 2.79. The van der Waals surface area contributed by atoms with Gasteiger partial charge in [0.15, 0.2) is 0 Å². The second kappa shape index (κ2) is 5.42. The number of benzene rings is 1. The predicted molar refractivity (Wildman–Crippen MR) is 75.9 cm³/mol. The lowest BCUT2D eigenvalue weighted by atomic mass is 9.99. The lowest BCUT2D eigenvalue weighted by Crippen LogP contribution is -2.24. The second-order valence-electron chi connectivity index (χ2n) is 3.75. The predicted octanol–water partition coefficient (Wildman–Crippen LogP) is 2.72. The van der Waals surface area contributed by atoms with Gasteiger partial charge >= 0.3 is 0 Å². The lowest BCUT2D eigenvalue weighted by Gasteiger charge is -2.15. The molecule has 1 aromatic heterocycles. The molecule has 3 nitrogen and oxygen atoms in total. The average molecular weight is 310 g/mol. The van der Waals surface area contributed by atoms with Crippen molar-refractivity contribution in [2.45, 2.75) is 12.5 Å². The van der Waals surface area contributed by atoms with Crippen LogP contribution < -0.4 is 5.73 Å². The molecule has 0 aliphatic heterocycles. The number of aromatic nitrogens is 2. The summed E-state index contributed by atoms with van der Waals surface area (Å²) >= 11 is 8.50. The molecule has 17 heavy (non-hydrogen) atoms. The molecule has 0 amide bonds. The van der Waals surface area contributed by atoms with Crippen LogP contribution in [-0.4, -0.2) is 14.8 Å². The molecule has 0 fully saturated rings. The molecule has 0 spiro atoms. The largest absolute Gasteiger partial charge is 0.393 e. The van der Waals surface area contributed by atoms with Crippen LogP contribution in [0.5, 0.6) is 0 Å². The van der Waals surface area contributed by atoms with Gasteiger partial charge in [0.2, 0.25) is 0 Å². The van der Waals surface area contributed by atoms with Gasteiger partial charge in [0.1, 0.15) is 0 Å². The van der Waals surface area contributed by atoms with Crippen LogP contribution in [0, 0.1) is 0 Å². The Labute approximate surface area is 114 Å². The normalized spacial score (nSPS) is 12.3. The lowest BCUT2D eigenvalue weighted by molar-refractivity contribution is 0.589. The van der Waals surface area contributed by atoms with Crippen molar-refractivity contribution in [3.63, 3.8) is 0 Å². The highest BCUT2D eigenvalue weighted by Gasteiger charge is 2.15. The molecule has 1 unspecified atom stereocenters. The summed E-state index contributed by atoms with van der Waals surface area (Å²) in [5.41, 5.74) is 6.92. The first-order valence-corrected chi connectivity index (χ1v) is 6.39. The van der Waals surface area contributed by atoms with Crippen molar-refractivity contribution in [1.82, 2.24) is 9.78 Å². The van der Waals surface area contributed by atoms with Crippen molar-refractivity contribution in [2.24, 2.45) is 5.73 Å². The van der Waals surface area contributed by atoms with Crippen LogP contribution in [-0.2, 0) is 6.54 Å². The van der Waals surface area contributed by atoms with Gasteiger partial charge in [-0.15, -0.1) is 0 Å². The van der Waals surface area contributed by atoms with Crippen molar-refractivity contribution in [3.8, 4) is 0 Å². The molecule has 2 rings (SSSR count). The average Bonchev–Trinajstić information content (AvgIpc) is 2.73. The van der Waals surface area contributed by atoms with E-state index in [1.165, 1.54) is 0 Å². The molecular formula is C12H12BrN3S. The molecule has 0 bridgehead atoms. The van der Waals surface area contributed by atoms with Gasteiger partial charge in [0, 0.05) is 6.20 Å². The maximum Gasteiger partial charge on any atom is 0.0822 e. The fourth-order valence-corrected chi connectivity index (χ4v) is 2.21. The minimum absolute atomic E-state index is 0.0120. The summed E-state index contributed by atoms with van der Waals surface area (Å²) in [6, 6.07) is 10.0. The fraction of sp³-hybridized carbons (Fsp3) is 0.167. The summed E-state index contributed by atoms with van der Waals surface area (Å²) in [4.78, 5) is 0.489. The van der Waals surface area contributed by atoms with Gasteiger partial charge in [-0.1, -0.05) is 42.5 Å². The fourth-order valence-electron chi connectivity index (χ4n) is 1.67. The van der Waals surface area contributed by atoms with Crippen LogP contribution in [0.4, 0.5) is 0 Å². The molecule has 5 heteroatoms. The number of thiocarbonyl (C=S) groups is 1. The Balaban J connectivity index is 2.22. The van der Waals surface area contributed by atoms with Gasteiger partial charge in [-0.3, -0.25) is 4.68 Å². The molecule has 0 saturated carbocycles. The molecule has 0 aliphatic carbocycles. The third-order valence-electron chi connectivity index (χ3n) is 2.52. The Morgan fingerprint density at radius 2 is 2.12 bits per heavy atom. The van der Waals surface area contributed by atoms with Gasteiger partial charge < -0.3 is 5.73 Å². The topological polar surface area (TPSA) is 43.8 Å². The van der Waals surface area contributed by atoms with E-state index in [-0.39, 0.29) is 5.92 Å². The number of hydrogen-bond acceptors (Lipinski definition) is 2. The zero-order valence-corrected chi connectivity index (χ0v) is 11.5. The number of nitrogens with zero attached hydrogens (tertiary/aromatic N) is 2. The van der Waals surface area contributed by atoms with E-state index in [0.717, 1.165) is 10.0 Å². The quantitative estimate of drug-likeness (QED) is 0.883. The van der Waals surface area contributed by atoms with E-state index < -0.39 is 0 Å². The molecule has 1 atom stereocenters. The molecule has 0 aliphatic rings. The molecule has 2 aromatic rings. The molecule has 88 valence electrons. The van der Waals surface area contributed by atoms with Crippen molar-refractivity contribution in [3.05, 3.63) is 52.8 Å². The van der Waals surface area contributed by atoms with Crippen molar-refractivity contribution >= 4 is 33.1 Å². The minimum Gasteiger partial charge on any atom is -0.393 e. The van der Waals surface area contributed by atoms with Gasteiger partial charge in [-0.05, 0) is 21.5 Å². The Bertz CT molecular complexity index is 509. The van der Waals surface area contributed by atoms with Gasteiger partial charge in [-0.2, -0.15) is 5.10 Å². The smallest absolute Gasteiger partial charge is 0.0822 e. The summed E-state index contributed by atoms with van der Waals surface area (Å²) in [5, 5.41) is 4.22. The first kappa shape index (κ1) is 12.3. The first-order chi connectivity index (χ1) is 8.16. The highest BCUT2D eigenvalue weighted by atomic mass is 79.9. The van der Waals surface area contributed by atoms with Crippen LogP contribution in [0.3, 0.4) is 0 Å². The zero-order chi connectivity index (χ0) is 12.3. The highest BCUT2D eigenvalue weighted by molar-refractivity contribution is 9.10. The van der Waals surface area contributed by atoms with Gasteiger partial charge in [-0.25, -0.2) is 0 Å². The number of hydrogen-bond donors (Lipinski definition) is 1. The van der Waals surface area contributed by atoms with Crippen LogP contribution in [0.25, 0.3) is 0 Å². The van der Waals surface area contributed by atoms with Crippen molar-refractivity contribution in [1.29, 1.82) is 0 Å². The number of rotatable bonds is 4. The van der Waals surface area contributed by atoms with Crippen molar-refractivity contribution in [2.75, 3.05) is 0 Å². The van der Waals surface area contributed by atoms with Crippen molar-refractivity contribution < 1.29 is 0 Å². The minimum atomic E-state index is 0.0120. The molecule has 0 saturated heterocycles. The van der Waals surface area contributed by atoms with E-state index in [9.17, 15) is 0 Å². The maximum absolute atomic E-state index is 5.80. The highest BCUT2D eigenvalue weighted by Crippen LogP contribution is 2.19. The maximum atomic E-state index is 5.80. The van der Waals surface area contributed by atoms with Gasteiger partial charge in [0.05, 0.1) is 28.1 Å². The Kier molecular flexibility index (Phi) is 3.91. The number of halogens is 1. The van der Waals surface area contributed by atoms with Crippen LogP contribution in [0.2, 0.25) is 0 Å². The van der Waals surface area contributed by atoms with Crippen LogP contribution in [0.15, 0.2) is 47.2 Å².